The number of rotatable bonds is 3. The van der Waals surface area contributed by atoms with Gasteiger partial charge in [0.05, 0.1) is 30.2 Å². The van der Waals surface area contributed by atoms with Crippen LogP contribution < -0.4 is 4.74 Å². The monoisotopic (exact) mass is 279 g/mol. The molecule has 2 rings (SSSR count). The van der Waals surface area contributed by atoms with E-state index >= 15 is 0 Å². The Labute approximate surface area is 119 Å². The summed E-state index contributed by atoms with van der Waals surface area (Å²) < 4.78 is 29.8. The Balaban J connectivity index is 2.12. The van der Waals surface area contributed by atoms with Crippen LogP contribution in [0.1, 0.15) is 33.4 Å². The minimum atomic E-state index is -0.486. The highest BCUT2D eigenvalue weighted by Crippen LogP contribution is 2.37. The molecule has 0 aliphatic carbocycles. The van der Waals surface area contributed by atoms with Gasteiger partial charge in [-0.25, -0.2) is 4.39 Å². The molecule has 6 heteroatoms. The number of halogens is 1. The molecule has 20 heavy (non-hydrogen) atoms. The maximum Gasteiger partial charge on any atom is 0.487 e. The van der Waals surface area contributed by atoms with Crippen molar-refractivity contribution in [3.63, 3.8) is 0 Å². The molecule has 0 amide bonds. The zero-order valence-corrected chi connectivity index (χ0v) is 12.4. The second-order valence-electron chi connectivity index (χ2n) is 5.73. The fourth-order valence-corrected chi connectivity index (χ4v) is 1.83. The third-order valence-corrected chi connectivity index (χ3v) is 3.76. The van der Waals surface area contributed by atoms with E-state index in [4.69, 9.17) is 14.0 Å². The van der Waals surface area contributed by atoms with Gasteiger partial charge in [-0.15, -0.1) is 0 Å². The molecule has 4 nitrogen and oxygen atoms in total. The van der Waals surface area contributed by atoms with Gasteiger partial charge in [-0.05, 0) is 33.8 Å². The second-order valence-corrected chi connectivity index (χ2v) is 5.73. The van der Waals surface area contributed by atoms with Gasteiger partial charge < -0.3 is 14.0 Å². The first-order valence-electron chi connectivity index (χ1n) is 6.48. The lowest BCUT2D eigenvalue weighted by atomic mass is 9.89. The Bertz CT molecular complexity index is 515. The molecule has 0 spiro atoms. The van der Waals surface area contributed by atoms with Crippen molar-refractivity contribution in [2.45, 2.75) is 38.9 Å². The van der Waals surface area contributed by atoms with Gasteiger partial charge in [0, 0.05) is 6.07 Å². The lowest BCUT2D eigenvalue weighted by molar-refractivity contribution is 0.00578. The molecular formula is C14H19BFNO3. The first-order chi connectivity index (χ1) is 9.25. The predicted molar refractivity (Wildman–Crippen MR) is 75.9 cm³/mol. The SMILES string of the molecule is COc1cc(/C=C/B2OC(C)(C)C(C)(C)O2)ncc1F. The first-order valence-corrected chi connectivity index (χ1v) is 6.48. The summed E-state index contributed by atoms with van der Waals surface area (Å²) in [5.74, 6) is 1.43. The Morgan fingerprint density at radius 1 is 1.25 bits per heavy atom. The molecule has 1 aromatic rings. The maximum atomic E-state index is 13.3. The third-order valence-electron chi connectivity index (χ3n) is 3.76. The Morgan fingerprint density at radius 3 is 2.40 bits per heavy atom. The molecule has 0 saturated carbocycles. The molecule has 1 aromatic heterocycles. The van der Waals surface area contributed by atoms with Crippen LogP contribution in [0.3, 0.4) is 0 Å². The quantitative estimate of drug-likeness (QED) is 0.798. The van der Waals surface area contributed by atoms with Crippen LogP contribution in [0.25, 0.3) is 6.08 Å². The van der Waals surface area contributed by atoms with E-state index in [0.29, 0.717) is 5.69 Å². The van der Waals surface area contributed by atoms with Crippen LogP contribution in [0, 0.1) is 5.82 Å². The molecule has 0 atom stereocenters. The smallest absolute Gasteiger partial charge is 0.487 e. The fourth-order valence-electron chi connectivity index (χ4n) is 1.83. The highest BCUT2D eigenvalue weighted by Gasteiger charge is 2.49. The standard InChI is InChI=1S/C14H19BFNO3/c1-13(2)14(3,4)20-15(19-13)7-6-10-8-12(18-5)11(16)9-17-10/h6-9H,1-5H3/b7-6+. The van der Waals surface area contributed by atoms with E-state index in [2.05, 4.69) is 4.98 Å². The van der Waals surface area contributed by atoms with Crippen LogP contribution >= 0.6 is 0 Å². The number of methoxy groups -OCH3 is 1. The van der Waals surface area contributed by atoms with E-state index in [1.54, 1.807) is 12.1 Å². The molecule has 1 saturated heterocycles. The van der Waals surface area contributed by atoms with Crippen molar-refractivity contribution in [1.82, 2.24) is 4.98 Å². The second kappa shape index (κ2) is 5.18. The van der Waals surface area contributed by atoms with Crippen molar-refractivity contribution in [2.24, 2.45) is 0 Å². The van der Waals surface area contributed by atoms with Gasteiger partial charge in [-0.2, -0.15) is 0 Å². The van der Waals surface area contributed by atoms with Gasteiger partial charge in [-0.3, -0.25) is 4.98 Å². The van der Waals surface area contributed by atoms with Crippen LogP contribution in [0.5, 0.6) is 5.75 Å². The molecule has 0 bridgehead atoms. The van der Waals surface area contributed by atoms with Crippen LogP contribution in [-0.4, -0.2) is 30.4 Å². The normalized spacial score (nSPS) is 20.6. The number of hydrogen-bond donors (Lipinski definition) is 0. The highest BCUT2D eigenvalue weighted by molar-refractivity contribution is 6.52. The summed E-state index contributed by atoms with van der Waals surface area (Å²) in [6.07, 6.45) is 2.85. The molecule has 0 radical (unpaired) electrons. The summed E-state index contributed by atoms with van der Waals surface area (Å²) in [5, 5.41) is 0. The van der Waals surface area contributed by atoms with E-state index in [0.717, 1.165) is 6.20 Å². The van der Waals surface area contributed by atoms with Crippen molar-refractivity contribution in [2.75, 3.05) is 7.11 Å². The van der Waals surface area contributed by atoms with Crippen molar-refractivity contribution >= 4 is 13.2 Å². The third kappa shape index (κ3) is 2.86. The van der Waals surface area contributed by atoms with Crippen molar-refractivity contribution < 1.29 is 18.4 Å². The molecule has 1 aliphatic heterocycles. The summed E-state index contributed by atoms with van der Waals surface area (Å²) in [6.45, 7) is 7.94. The number of nitrogens with zero attached hydrogens (tertiary/aromatic N) is 1. The number of pyridine rings is 1. The van der Waals surface area contributed by atoms with Gasteiger partial charge in [0.15, 0.2) is 11.6 Å². The van der Waals surface area contributed by atoms with Gasteiger partial charge >= 0.3 is 7.12 Å². The van der Waals surface area contributed by atoms with Crippen LogP contribution in [0.2, 0.25) is 0 Å². The summed E-state index contributed by atoms with van der Waals surface area (Å²) in [5.41, 5.74) is -0.177. The van der Waals surface area contributed by atoms with E-state index < -0.39 is 12.9 Å². The summed E-state index contributed by atoms with van der Waals surface area (Å²) in [4.78, 5) is 3.97. The Kier molecular flexibility index (Phi) is 3.89. The molecule has 1 aliphatic rings. The Morgan fingerprint density at radius 2 is 1.85 bits per heavy atom. The van der Waals surface area contributed by atoms with Crippen molar-refractivity contribution in [3.8, 4) is 5.75 Å². The molecule has 108 valence electrons. The van der Waals surface area contributed by atoms with Crippen LogP contribution in [0.15, 0.2) is 18.2 Å². The lowest BCUT2D eigenvalue weighted by Crippen LogP contribution is -2.41. The van der Waals surface area contributed by atoms with Gasteiger partial charge in [0.25, 0.3) is 0 Å². The molecular weight excluding hydrogens is 260 g/mol. The maximum absolute atomic E-state index is 13.3. The van der Waals surface area contributed by atoms with Crippen LogP contribution in [-0.2, 0) is 9.31 Å². The fraction of sp³-hybridized carbons (Fsp3) is 0.500. The molecule has 1 fully saturated rings. The number of ether oxygens (including phenoxy) is 1. The summed E-state index contributed by atoms with van der Waals surface area (Å²) >= 11 is 0. The van der Waals surface area contributed by atoms with Crippen molar-refractivity contribution in [3.05, 3.63) is 29.7 Å². The first kappa shape index (κ1) is 15.0. The molecule has 0 unspecified atom stereocenters. The number of hydrogen-bond acceptors (Lipinski definition) is 4. The van der Waals surface area contributed by atoms with Gasteiger partial charge in [-0.1, -0.05) is 5.98 Å². The summed E-state index contributed by atoms with van der Waals surface area (Å²) in [7, 11) is 0.970. The minimum absolute atomic E-state index is 0.161. The lowest BCUT2D eigenvalue weighted by Gasteiger charge is -2.32. The highest BCUT2D eigenvalue weighted by atomic mass is 19.1. The predicted octanol–water partition coefficient (Wildman–Crippen LogP) is 2.87. The molecule has 0 aromatic carbocycles. The average molecular weight is 279 g/mol. The minimum Gasteiger partial charge on any atom is -0.494 e. The summed E-state index contributed by atoms with van der Waals surface area (Å²) in [6, 6.07) is 1.52. The largest absolute Gasteiger partial charge is 0.494 e. The molecule has 2 heterocycles. The zero-order chi connectivity index (χ0) is 15.0. The topological polar surface area (TPSA) is 40.6 Å². The zero-order valence-electron chi connectivity index (χ0n) is 12.4. The van der Waals surface area contributed by atoms with E-state index in [-0.39, 0.29) is 17.0 Å². The van der Waals surface area contributed by atoms with E-state index in [1.807, 2.05) is 27.7 Å². The van der Waals surface area contributed by atoms with E-state index in [9.17, 15) is 4.39 Å². The number of aromatic nitrogens is 1. The van der Waals surface area contributed by atoms with Crippen molar-refractivity contribution in [1.29, 1.82) is 0 Å². The van der Waals surface area contributed by atoms with E-state index in [1.165, 1.54) is 13.2 Å². The average Bonchev–Trinajstić information content (AvgIpc) is 2.57. The van der Waals surface area contributed by atoms with Crippen LogP contribution in [0.4, 0.5) is 4.39 Å². The van der Waals surface area contributed by atoms with Gasteiger partial charge in [0.2, 0.25) is 0 Å². The Hall–Kier alpha value is -1.40. The van der Waals surface area contributed by atoms with Gasteiger partial charge in [0.1, 0.15) is 0 Å². The molecule has 0 N–H and O–H groups in total.